The monoisotopic (exact) mass is 830 g/mol. The zero-order valence-corrected chi connectivity index (χ0v) is 32.7. The van der Waals surface area contributed by atoms with Gasteiger partial charge in [-0.05, 0) is 120 Å². The molecule has 0 bridgehead atoms. The van der Waals surface area contributed by atoms with Crippen molar-refractivity contribution in [3.63, 3.8) is 0 Å². The standard InChI is InChI=1S/C48H38N4O10/c53-39-4-1-6-41(28-39)59-45(55)49-35-18-10-31(11-19-35)26-33-14-22-37(23-15-33)51-47(57)61-43-8-3-9-44(30-43)62-48(58)52-38-24-16-34(17-25-38)27-32-12-20-36(21-13-32)50-46(56)60-42-7-2-5-40(54)29-42/h1-25,28-30,53-54H,26-27H2,(H,49,55)(H,50,56)(H,51,57)(H,52,58). The van der Waals surface area contributed by atoms with Crippen molar-refractivity contribution < 1.29 is 48.3 Å². The summed E-state index contributed by atoms with van der Waals surface area (Å²) in [4.78, 5) is 49.8. The number of carbonyl (C=O) groups excluding carboxylic acids is 4. The number of phenolic OH excluding ortho intramolecular Hbond substituents is 2. The third-order valence-electron chi connectivity index (χ3n) is 8.90. The summed E-state index contributed by atoms with van der Waals surface area (Å²) in [7, 11) is 0. The van der Waals surface area contributed by atoms with Gasteiger partial charge in [0.25, 0.3) is 0 Å². The fourth-order valence-electron chi connectivity index (χ4n) is 5.99. The summed E-state index contributed by atoms with van der Waals surface area (Å²) in [5, 5.41) is 29.7. The Hall–Kier alpha value is -8.78. The molecule has 0 aromatic heterocycles. The quantitative estimate of drug-likeness (QED) is 0.0690. The van der Waals surface area contributed by atoms with Crippen molar-refractivity contribution in [2.45, 2.75) is 12.8 Å². The van der Waals surface area contributed by atoms with Crippen LogP contribution >= 0.6 is 0 Å². The van der Waals surface area contributed by atoms with Gasteiger partial charge in [-0.3, -0.25) is 21.3 Å². The van der Waals surface area contributed by atoms with Crippen LogP contribution in [-0.4, -0.2) is 34.6 Å². The fraction of sp³-hybridized carbons (Fsp3) is 0.0417. The molecule has 7 aromatic carbocycles. The van der Waals surface area contributed by atoms with Crippen molar-refractivity contribution in [3.05, 3.63) is 192 Å². The largest absolute Gasteiger partial charge is 0.508 e. The van der Waals surface area contributed by atoms with Gasteiger partial charge in [-0.2, -0.15) is 0 Å². The summed E-state index contributed by atoms with van der Waals surface area (Å²) in [6.07, 6.45) is -1.62. The van der Waals surface area contributed by atoms with Crippen LogP contribution in [0, 0.1) is 0 Å². The second-order valence-electron chi connectivity index (χ2n) is 13.7. The molecule has 0 aliphatic carbocycles. The van der Waals surface area contributed by atoms with Crippen molar-refractivity contribution in [2.24, 2.45) is 0 Å². The summed E-state index contributed by atoms with van der Waals surface area (Å²) in [6.45, 7) is 0. The van der Waals surface area contributed by atoms with Gasteiger partial charge >= 0.3 is 24.4 Å². The van der Waals surface area contributed by atoms with E-state index in [1.165, 1.54) is 30.3 Å². The smallest absolute Gasteiger partial charge is 0.417 e. The maximum atomic E-state index is 12.7. The topological polar surface area (TPSA) is 194 Å². The molecule has 0 spiro atoms. The Bertz CT molecular complexity index is 2490. The minimum absolute atomic E-state index is 0.00757. The van der Waals surface area contributed by atoms with Gasteiger partial charge in [0.1, 0.15) is 34.5 Å². The van der Waals surface area contributed by atoms with Gasteiger partial charge < -0.3 is 29.2 Å². The highest BCUT2D eigenvalue weighted by molar-refractivity contribution is 5.88. The van der Waals surface area contributed by atoms with Crippen molar-refractivity contribution in [1.82, 2.24) is 0 Å². The van der Waals surface area contributed by atoms with Crippen LogP contribution in [0.25, 0.3) is 0 Å². The number of anilines is 4. The molecule has 0 aliphatic rings. The lowest BCUT2D eigenvalue weighted by Crippen LogP contribution is -2.18. The molecule has 4 amide bonds. The van der Waals surface area contributed by atoms with Crippen LogP contribution < -0.4 is 40.2 Å². The van der Waals surface area contributed by atoms with Gasteiger partial charge in [0.15, 0.2) is 0 Å². The van der Waals surface area contributed by atoms with Gasteiger partial charge in [-0.1, -0.05) is 66.7 Å². The Morgan fingerprint density at radius 1 is 0.339 bits per heavy atom. The molecule has 0 saturated carbocycles. The van der Waals surface area contributed by atoms with Gasteiger partial charge in [0.2, 0.25) is 0 Å². The summed E-state index contributed by atoms with van der Waals surface area (Å²) in [5.41, 5.74) is 6.07. The van der Waals surface area contributed by atoms with Crippen LogP contribution in [0.15, 0.2) is 170 Å². The number of carbonyl (C=O) groups is 4. The number of ether oxygens (including phenoxy) is 4. The lowest BCUT2D eigenvalue weighted by molar-refractivity contribution is 0.212. The molecule has 0 aliphatic heterocycles. The van der Waals surface area contributed by atoms with Gasteiger partial charge in [0, 0.05) is 40.9 Å². The zero-order valence-electron chi connectivity index (χ0n) is 32.7. The number of aromatic hydroxyl groups is 2. The zero-order chi connectivity index (χ0) is 43.3. The van der Waals surface area contributed by atoms with E-state index in [1.807, 2.05) is 48.5 Å². The average molecular weight is 831 g/mol. The summed E-state index contributed by atoms with van der Waals surface area (Å²) in [6, 6.07) is 47.0. The average Bonchev–Trinajstić information content (AvgIpc) is 3.24. The molecule has 0 fully saturated rings. The first kappa shape index (κ1) is 41.4. The van der Waals surface area contributed by atoms with Crippen LogP contribution in [0.2, 0.25) is 0 Å². The highest BCUT2D eigenvalue weighted by Crippen LogP contribution is 2.24. The summed E-state index contributed by atoms with van der Waals surface area (Å²) >= 11 is 0. The van der Waals surface area contributed by atoms with Crippen molar-refractivity contribution >= 4 is 47.1 Å². The molecule has 62 heavy (non-hydrogen) atoms. The Kier molecular flexibility index (Phi) is 13.2. The molecular weight excluding hydrogens is 793 g/mol. The van der Waals surface area contributed by atoms with Gasteiger partial charge in [-0.15, -0.1) is 0 Å². The van der Waals surface area contributed by atoms with E-state index in [0.29, 0.717) is 35.6 Å². The molecular formula is C48H38N4O10. The minimum atomic E-state index is -0.733. The van der Waals surface area contributed by atoms with E-state index >= 15 is 0 Å². The van der Waals surface area contributed by atoms with E-state index in [1.54, 1.807) is 91.0 Å². The van der Waals surface area contributed by atoms with Gasteiger partial charge in [0.05, 0.1) is 0 Å². The number of benzene rings is 7. The highest BCUT2D eigenvalue weighted by Gasteiger charge is 2.12. The Labute approximate surface area is 355 Å². The fourth-order valence-corrected chi connectivity index (χ4v) is 5.99. The van der Waals surface area contributed by atoms with E-state index in [0.717, 1.165) is 22.3 Å². The maximum Gasteiger partial charge on any atom is 0.417 e. The van der Waals surface area contributed by atoms with E-state index in [-0.39, 0.29) is 34.5 Å². The number of hydrogen-bond acceptors (Lipinski definition) is 10. The number of nitrogens with one attached hydrogen (secondary N) is 4. The molecule has 14 nitrogen and oxygen atoms in total. The molecule has 7 aromatic rings. The number of amides is 4. The molecule has 310 valence electrons. The third-order valence-corrected chi connectivity index (χ3v) is 8.90. The third kappa shape index (κ3) is 12.6. The first-order chi connectivity index (χ1) is 30.1. The van der Waals surface area contributed by atoms with E-state index < -0.39 is 24.4 Å². The molecule has 0 radical (unpaired) electrons. The van der Waals surface area contributed by atoms with Crippen molar-refractivity contribution in [2.75, 3.05) is 21.3 Å². The number of hydrogen-bond donors (Lipinski definition) is 6. The van der Waals surface area contributed by atoms with E-state index in [9.17, 15) is 29.4 Å². The van der Waals surface area contributed by atoms with Gasteiger partial charge in [-0.25, -0.2) is 19.2 Å². The predicted octanol–water partition coefficient (Wildman–Crippen LogP) is 10.7. The first-order valence-electron chi connectivity index (χ1n) is 19.1. The molecule has 7 rings (SSSR count). The van der Waals surface area contributed by atoms with Crippen LogP contribution in [0.4, 0.5) is 41.9 Å². The van der Waals surface area contributed by atoms with Crippen LogP contribution in [0.1, 0.15) is 22.3 Å². The number of rotatable bonds is 12. The molecule has 0 heterocycles. The maximum absolute atomic E-state index is 12.7. The van der Waals surface area contributed by atoms with Crippen molar-refractivity contribution in [1.29, 1.82) is 0 Å². The second kappa shape index (κ2) is 19.8. The number of phenols is 2. The first-order valence-corrected chi connectivity index (χ1v) is 19.1. The second-order valence-corrected chi connectivity index (χ2v) is 13.7. The van der Waals surface area contributed by atoms with E-state index in [2.05, 4.69) is 21.3 Å². The highest BCUT2D eigenvalue weighted by atomic mass is 16.6. The Morgan fingerprint density at radius 3 is 0.839 bits per heavy atom. The SMILES string of the molecule is O=C(Nc1ccc(Cc2ccc(NC(=O)Oc3cccc(OC(=O)Nc4ccc(Cc5ccc(NC(=O)Oc6cccc(O)c6)cc5)cc4)c3)cc2)cc1)Oc1cccc(O)c1. The van der Waals surface area contributed by atoms with E-state index in [4.69, 9.17) is 18.9 Å². The molecule has 14 heteroatoms. The minimum Gasteiger partial charge on any atom is -0.508 e. The van der Waals surface area contributed by atoms with Crippen LogP contribution in [-0.2, 0) is 12.8 Å². The lowest BCUT2D eigenvalue weighted by atomic mass is 10.0. The molecule has 0 unspecified atom stereocenters. The molecule has 0 atom stereocenters. The molecule has 6 N–H and O–H groups in total. The predicted molar refractivity (Wildman–Crippen MR) is 233 cm³/mol. The molecule has 0 saturated heterocycles. The van der Waals surface area contributed by atoms with Crippen LogP contribution in [0.5, 0.6) is 34.5 Å². The Morgan fingerprint density at radius 2 is 0.581 bits per heavy atom. The van der Waals surface area contributed by atoms with Crippen molar-refractivity contribution in [3.8, 4) is 34.5 Å². The summed E-state index contributed by atoms with van der Waals surface area (Å²) in [5.74, 6) is 0.750. The lowest BCUT2D eigenvalue weighted by Gasteiger charge is -2.10. The normalized spacial score (nSPS) is 10.5. The van der Waals surface area contributed by atoms with Crippen LogP contribution in [0.3, 0.4) is 0 Å². The summed E-state index contributed by atoms with van der Waals surface area (Å²) < 4.78 is 21.2. The Balaban J connectivity index is 0.820.